The van der Waals surface area contributed by atoms with Crippen molar-refractivity contribution < 1.29 is 4.79 Å². The Labute approximate surface area is 106 Å². The first-order valence-electron chi connectivity index (χ1n) is 6.01. The molecule has 0 bridgehead atoms. The van der Waals surface area contributed by atoms with Crippen molar-refractivity contribution in [1.29, 1.82) is 5.26 Å². The van der Waals surface area contributed by atoms with E-state index in [4.69, 9.17) is 5.26 Å². The summed E-state index contributed by atoms with van der Waals surface area (Å²) in [6, 6.07) is 8.92. The number of nitrogens with zero attached hydrogens (tertiary/aromatic N) is 2. The molecule has 0 radical (unpaired) electrons. The highest BCUT2D eigenvalue weighted by molar-refractivity contribution is 5.92. The normalized spacial score (nSPS) is 15.9. The molecule has 1 aliphatic rings. The number of amides is 1. The van der Waals surface area contributed by atoms with Gasteiger partial charge in [-0.15, -0.1) is 0 Å². The summed E-state index contributed by atoms with van der Waals surface area (Å²) in [6.07, 6.45) is 0. The number of benzene rings is 1. The zero-order chi connectivity index (χ0) is 12.8. The van der Waals surface area contributed by atoms with Crippen LogP contribution in [0.25, 0.3) is 0 Å². The van der Waals surface area contributed by atoms with Crippen molar-refractivity contribution in [2.75, 3.05) is 38.0 Å². The van der Waals surface area contributed by atoms with Gasteiger partial charge in [-0.1, -0.05) is 0 Å². The van der Waals surface area contributed by atoms with Gasteiger partial charge in [0.2, 0.25) is 5.91 Å². The SMILES string of the molecule is N#Cc1ccc(NC(=O)CN2CCNCC2)cc1. The van der Waals surface area contributed by atoms with Crippen LogP contribution in [0.5, 0.6) is 0 Å². The Morgan fingerprint density at radius 3 is 2.61 bits per heavy atom. The van der Waals surface area contributed by atoms with Crippen LogP contribution >= 0.6 is 0 Å². The van der Waals surface area contributed by atoms with Gasteiger partial charge in [-0.2, -0.15) is 5.26 Å². The maximum absolute atomic E-state index is 11.8. The van der Waals surface area contributed by atoms with Crippen molar-refractivity contribution in [3.05, 3.63) is 29.8 Å². The summed E-state index contributed by atoms with van der Waals surface area (Å²) >= 11 is 0. The second-order valence-electron chi connectivity index (χ2n) is 4.26. The molecule has 94 valence electrons. The van der Waals surface area contributed by atoms with E-state index in [-0.39, 0.29) is 5.91 Å². The van der Waals surface area contributed by atoms with Gasteiger partial charge in [-0.05, 0) is 24.3 Å². The van der Waals surface area contributed by atoms with Crippen molar-refractivity contribution >= 4 is 11.6 Å². The smallest absolute Gasteiger partial charge is 0.238 e. The Morgan fingerprint density at radius 2 is 2.00 bits per heavy atom. The molecule has 5 nitrogen and oxygen atoms in total. The molecule has 0 aliphatic carbocycles. The highest BCUT2D eigenvalue weighted by atomic mass is 16.2. The maximum Gasteiger partial charge on any atom is 0.238 e. The quantitative estimate of drug-likeness (QED) is 0.807. The van der Waals surface area contributed by atoms with Crippen LogP contribution in [0.15, 0.2) is 24.3 Å². The third-order valence-electron chi connectivity index (χ3n) is 2.87. The van der Waals surface area contributed by atoms with Crippen LogP contribution in [0.4, 0.5) is 5.69 Å². The molecule has 0 spiro atoms. The minimum Gasteiger partial charge on any atom is -0.325 e. The van der Waals surface area contributed by atoms with E-state index >= 15 is 0 Å². The number of nitriles is 1. The molecule has 1 heterocycles. The Bertz CT molecular complexity index is 443. The van der Waals surface area contributed by atoms with Crippen molar-refractivity contribution in [3.8, 4) is 6.07 Å². The van der Waals surface area contributed by atoms with Crippen molar-refractivity contribution in [1.82, 2.24) is 10.2 Å². The van der Waals surface area contributed by atoms with Crippen LogP contribution in [0.1, 0.15) is 5.56 Å². The molecule has 1 aromatic carbocycles. The van der Waals surface area contributed by atoms with Crippen LogP contribution in [0.2, 0.25) is 0 Å². The molecule has 1 saturated heterocycles. The van der Waals surface area contributed by atoms with E-state index in [9.17, 15) is 4.79 Å². The summed E-state index contributed by atoms with van der Waals surface area (Å²) in [7, 11) is 0. The standard InChI is InChI=1S/C13H16N4O/c14-9-11-1-3-12(4-2-11)16-13(18)10-17-7-5-15-6-8-17/h1-4,15H,5-8,10H2,(H,16,18). The van der Waals surface area contributed by atoms with E-state index in [1.807, 2.05) is 6.07 Å². The fourth-order valence-electron chi connectivity index (χ4n) is 1.90. The third kappa shape index (κ3) is 3.55. The molecule has 2 N–H and O–H groups in total. The summed E-state index contributed by atoms with van der Waals surface area (Å²) in [6.45, 7) is 4.09. The number of anilines is 1. The number of hydrogen-bond acceptors (Lipinski definition) is 4. The van der Waals surface area contributed by atoms with Gasteiger partial charge >= 0.3 is 0 Å². The molecule has 1 fully saturated rings. The highest BCUT2D eigenvalue weighted by Crippen LogP contribution is 2.08. The lowest BCUT2D eigenvalue weighted by Crippen LogP contribution is -2.46. The molecule has 0 saturated carbocycles. The van der Waals surface area contributed by atoms with E-state index in [0.717, 1.165) is 31.9 Å². The zero-order valence-corrected chi connectivity index (χ0v) is 10.1. The first kappa shape index (κ1) is 12.6. The molecule has 0 atom stereocenters. The minimum absolute atomic E-state index is 0.0124. The fourth-order valence-corrected chi connectivity index (χ4v) is 1.90. The minimum atomic E-state index is -0.0124. The topological polar surface area (TPSA) is 68.2 Å². The highest BCUT2D eigenvalue weighted by Gasteiger charge is 2.13. The summed E-state index contributed by atoms with van der Waals surface area (Å²) in [5.74, 6) is -0.0124. The van der Waals surface area contributed by atoms with Gasteiger partial charge < -0.3 is 10.6 Å². The van der Waals surface area contributed by atoms with Crippen molar-refractivity contribution in [2.45, 2.75) is 0 Å². The van der Waals surface area contributed by atoms with Crippen LogP contribution in [0.3, 0.4) is 0 Å². The lowest BCUT2D eigenvalue weighted by atomic mass is 10.2. The van der Waals surface area contributed by atoms with Crippen molar-refractivity contribution in [2.24, 2.45) is 0 Å². The predicted molar refractivity (Wildman–Crippen MR) is 69.1 cm³/mol. The predicted octanol–water partition coefficient (Wildman–Crippen LogP) is 0.402. The Morgan fingerprint density at radius 1 is 1.33 bits per heavy atom. The number of piperazine rings is 1. The Hall–Kier alpha value is -1.90. The van der Waals surface area contributed by atoms with Gasteiger partial charge in [0, 0.05) is 31.9 Å². The molecule has 0 unspecified atom stereocenters. The molecular formula is C13H16N4O. The Kier molecular flexibility index (Phi) is 4.29. The molecule has 0 aromatic heterocycles. The summed E-state index contributed by atoms with van der Waals surface area (Å²) < 4.78 is 0. The monoisotopic (exact) mass is 244 g/mol. The first-order chi connectivity index (χ1) is 8.78. The molecule has 2 rings (SSSR count). The fraction of sp³-hybridized carbons (Fsp3) is 0.385. The largest absolute Gasteiger partial charge is 0.325 e. The number of rotatable bonds is 3. The second-order valence-corrected chi connectivity index (χ2v) is 4.26. The molecule has 1 amide bonds. The van der Waals surface area contributed by atoms with E-state index < -0.39 is 0 Å². The van der Waals surface area contributed by atoms with E-state index in [0.29, 0.717) is 12.1 Å². The van der Waals surface area contributed by atoms with E-state index in [1.165, 1.54) is 0 Å². The van der Waals surface area contributed by atoms with Crippen LogP contribution in [-0.2, 0) is 4.79 Å². The second kappa shape index (κ2) is 6.15. The van der Waals surface area contributed by atoms with E-state index in [2.05, 4.69) is 15.5 Å². The molecule has 18 heavy (non-hydrogen) atoms. The average Bonchev–Trinajstić information content (AvgIpc) is 2.40. The third-order valence-corrected chi connectivity index (χ3v) is 2.87. The van der Waals surface area contributed by atoms with Gasteiger partial charge in [0.05, 0.1) is 18.2 Å². The van der Waals surface area contributed by atoms with E-state index in [1.54, 1.807) is 24.3 Å². The van der Waals surface area contributed by atoms with Gasteiger partial charge in [0.25, 0.3) is 0 Å². The molecular weight excluding hydrogens is 228 g/mol. The summed E-state index contributed by atoms with van der Waals surface area (Å²) in [5, 5.41) is 14.8. The van der Waals surface area contributed by atoms with Crippen LogP contribution in [-0.4, -0.2) is 43.5 Å². The van der Waals surface area contributed by atoms with Gasteiger partial charge in [0.15, 0.2) is 0 Å². The zero-order valence-electron chi connectivity index (χ0n) is 10.1. The van der Waals surface area contributed by atoms with Crippen LogP contribution < -0.4 is 10.6 Å². The van der Waals surface area contributed by atoms with Crippen LogP contribution in [0, 0.1) is 11.3 Å². The summed E-state index contributed by atoms with van der Waals surface area (Å²) in [5.41, 5.74) is 1.32. The van der Waals surface area contributed by atoms with Gasteiger partial charge in [-0.3, -0.25) is 9.69 Å². The van der Waals surface area contributed by atoms with Gasteiger partial charge in [-0.25, -0.2) is 0 Å². The molecule has 5 heteroatoms. The lowest BCUT2D eigenvalue weighted by molar-refractivity contribution is -0.117. The van der Waals surface area contributed by atoms with Crippen molar-refractivity contribution in [3.63, 3.8) is 0 Å². The summed E-state index contributed by atoms with van der Waals surface area (Å²) in [4.78, 5) is 13.9. The van der Waals surface area contributed by atoms with Gasteiger partial charge in [0.1, 0.15) is 0 Å². The first-order valence-corrected chi connectivity index (χ1v) is 6.01. The number of nitrogens with one attached hydrogen (secondary N) is 2. The molecule has 1 aliphatic heterocycles. The Balaban J connectivity index is 1.84. The number of carbonyl (C=O) groups is 1. The average molecular weight is 244 g/mol. The lowest BCUT2D eigenvalue weighted by Gasteiger charge is -2.26. The number of carbonyl (C=O) groups excluding carboxylic acids is 1. The maximum atomic E-state index is 11.8. The molecule has 1 aromatic rings. The number of hydrogen-bond donors (Lipinski definition) is 2.